The number of rotatable bonds is 9. The minimum atomic E-state index is -0.00559. The summed E-state index contributed by atoms with van der Waals surface area (Å²) in [6.07, 6.45) is 0.912. The Hall–Kier alpha value is -0.410. The molecule has 0 aliphatic heterocycles. The Balaban J connectivity index is 4.35. The van der Waals surface area contributed by atoms with Gasteiger partial charge in [0.1, 0.15) is 0 Å². The molecule has 0 spiro atoms. The minimum absolute atomic E-state index is 0.00559. The molecule has 1 unspecified atom stereocenters. The van der Waals surface area contributed by atoms with Gasteiger partial charge in [0.05, 0.1) is 6.04 Å². The normalized spacial score (nSPS) is 15.4. The van der Waals surface area contributed by atoms with Gasteiger partial charge in [0.25, 0.3) is 0 Å². The third-order valence-corrected chi connectivity index (χ3v) is 2.96. The van der Waals surface area contributed by atoms with E-state index >= 15 is 0 Å². The molecule has 2 atom stereocenters. The lowest BCUT2D eigenvalue weighted by atomic mass is 9.92. The van der Waals surface area contributed by atoms with E-state index < -0.39 is 0 Å². The van der Waals surface area contributed by atoms with Gasteiger partial charge in [0, 0.05) is 18.0 Å². The average Bonchev–Trinajstić information content (AvgIpc) is 2.23. The molecule has 0 aliphatic rings. The fraction of sp³-hybridized carbons (Fsp3) is 0.933. The SMILES string of the molecule is CC(CNC(C)C)C[C@H](NC(C)C)C(=O)C(C)C. The van der Waals surface area contributed by atoms with Crippen LogP contribution >= 0.6 is 0 Å². The molecular formula is C15H32N2O. The molecule has 2 N–H and O–H groups in total. The predicted molar refractivity (Wildman–Crippen MR) is 78.8 cm³/mol. The van der Waals surface area contributed by atoms with E-state index in [0.717, 1.165) is 13.0 Å². The van der Waals surface area contributed by atoms with Crippen molar-refractivity contribution in [1.29, 1.82) is 0 Å². The Kier molecular flexibility index (Phi) is 8.45. The van der Waals surface area contributed by atoms with Gasteiger partial charge >= 0.3 is 0 Å². The standard InChI is InChI=1S/C15H32N2O/c1-10(2)15(18)14(17-12(5)6)8-13(7)9-16-11(3)4/h10-14,16-17H,8-9H2,1-7H3/t13?,14-/m0/s1. The summed E-state index contributed by atoms with van der Waals surface area (Å²) in [7, 11) is 0. The lowest BCUT2D eigenvalue weighted by Crippen LogP contribution is -2.44. The molecule has 0 rings (SSSR count). The topological polar surface area (TPSA) is 41.1 Å². The van der Waals surface area contributed by atoms with Crippen LogP contribution in [0.5, 0.6) is 0 Å². The molecule has 0 radical (unpaired) electrons. The molecular weight excluding hydrogens is 224 g/mol. The quantitative estimate of drug-likeness (QED) is 0.666. The zero-order valence-electron chi connectivity index (χ0n) is 13.2. The predicted octanol–water partition coefficient (Wildman–Crippen LogP) is 2.60. The highest BCUT2D eigenvalue weighted by atomic mass is 16.1. The summed E-state index contributed by atoms with van der Waals surface area (Å²) in [5, 5.41) is 6.84. The van der Waals surface area contributed by atoms with Crippen LogP contribution in [0.25, 0.3) is 0 Å². The Morgan fingerprint density at radius 3 is 1.89 bits per heavy atom. The Bertz CT molecular complexity index is 237. The van der Waals surface area contributed by atoms with Crippen molar-refractivity contribution in [2.45, 2.75) is 73.0 Å². The maximum absolute atomic E-state index is 12.2. The van der Waals surface area contributed by atoms with E-state index in [9.17, 15) is 4.79 Å². The monoisotopic (exact) mass is 256 g/mol. The molecule has 0 heterocycles. The van der Waals surface area contributed by atoms with E-state index in [1.54, 1.807) is 0 Å². The van der Waals surface area contributed by atoms with Gasteiger partial charge in [-0.1, -0.05) is 48.5 Å². The highest BCUT2D eigenvalue weighted by Gasteiger charge is 2.23. The van der Waals surface area contributed by atoms with Crippen LogP contribution < -0.4 is 10.6 Å². The fourth-order valence-corrected chi connectivity index (χ4v) is 1.99. The van der Waals surface area contributed by atoms with Crippen molar-refractivity contribution in [2.75, 3.05) is 6.54 Å². The van der Waals surface area contributed by atoms with Crippen molar-refractivity contribution in [2.24, 2.45) is 11.8 Å². The van der Waals surface area contributed by atoms with Gasteiger partial charge in [-0.25, -0.2) is 0 Å². The van der Waals surface area contributed by atoms with Gasteiger partial charge in [0.2, 0.25) is 0 Å². The maximum atomic E-state index is 12.2. The molecule has 0 aromatic heterocycles. The van der Waals surface area contributed by atoms with Crippen LogP contribution in [0, 0.1) is 11.8 Å². The zero-order valence-corrected chi connectivity index (χ0v) is 13.2. The van der Waals surface area contributed by atoms with E-state index in [-0.39, 0.29) is 12.0 Å². The van der Waals surface area contributed by atoms with Crippen LogP contribution in [0.4, 0.5) is 0 Å². The number of ketones is 1. The second-order valence-corrected chi connectivity index (χ2v) is 6.33. The van der Waals surface area contributed by atoms with E-state index in [1.165, 1.54) is 0 Å². The lowest BCUT2D eigenvalue weighted by Gasteiger charge is -2.25. The van der Waals surface area contributed by atoms with Crippen LogP contribution in [-0.2, 0) is 4.79 Å². The first-order chi connectivity index (χ1) is 8.23. The van der Waals surface area contributed by atoms with Crippen LogP contribution in [0.2, 0.25) is 0 Å². The van der Waals surface area contributed by atoms with Crippen molar-refractivity contribution in [3.63, 3.8) is 0 Å². The molecule has 0 aliphatic carbocycles. The largest absolute Gasteiger partial charge is 0.314 e. The second kappa shape index (κ2) is 8.65. The molecule has 0 aromatic rings. The number of carbonyl (C=O) groups excluding carboxylic acids is 1. The number of hydrogen-bond donors (Lipinski definition) is 2. The van der Waals surface area contributed by atoms with Crippen molar-refractivity contribution in [3.8, 4) is 0 Å². The van der Waals surface area contributed by atoms with Gasteiger partial charge in [-0.3, -0.25) is 4.79 Å². The van der Waals surface area contributed by atoms with E-state index in [0.29, 0.717) is 23.8 Å². The highest BCUT2D eigenvalue weighted by molar-refractivity contribution is 5.85. The average molecular weight is 256 g/mol. The molecule has 0 bridgehead atoms. The number of hydrogen-bond acceptors (Lipinski definition) is 3. The first-order valence-electron chi connectivity index (χ1n) is 7.27. The van der Waals surface area contributed by atoms with Crippen molar-refractivity contribution in [1.82, 2.24) is 10.6 Å². The summed E-state index contributed by atoms with van der Waals surface area (Å²) in [4.78, 5) is 12.2. The third kappa shape index (κ3) is 7.83. The highest BCUT2D eigenvalue weighted by Crippen LogP contribution is 2.11. The van der Waals surface area contributed by atoms with Gasteiger partial charge in [-0.05, 0) is 18.9 Å². The molecule has 0 aromatic carbocycles. The summed E-state index contributed by atoms with van der Waals surface area (Å²) in [5.41, 5.74) is 0. The van der Waals surface area contributed by atoms with Gasteiger partial charge in [0.15, 0.2) is 5.78 Å². The molecule has 108 valence electrons. The van der Waals surface area contributed by atoms with Gasteiger partial charge in [-0.15, -0.1) is 0 Å². The summed E-state index contributed by atoms with van der Waals surface area (Å²) >= 11 is 0. The van der Waals surface area contributed by atoms with Gasteiger partial charge < -0.3 is 10.6 Å². The maximum Gasteiger partial charge on any atom is 0.152 e. The third-order valence-electron chi connectivity index (χ3n) is 2.96. The molecule has 0 amide bonds. The summed E-state index contributed by atoms with van der Waals surface area (Å²) in [5.74, 6) is 0.943. The second-order valence-electron chi connectivity index (χ2n) is 6.33. The molecule has 0 saturated carbocycles. The summed E-state index contributed by atoms with van der Waals surface area (Å²) in [6, 6.07) is 0.849. The number of carbonyl (C=O) groups is 1. The summed E-state index contributed by atoms with van der Waals surface area (Å²) < 4.78 is 0. The smallest absolute Gasteiger partial charge is 0.152 e. The van der Waals surface area contributed by atoms with Gasteiger partial charge in [-0.2, -0.15) is 0 Å². The minimum Gasteiger partial charge on any atom is -0.314 e. The van der Waals surface area contributed by atoms with E-state index in [4.69, 9.17) is 0 Å². The molecule has 3 nitrogen and oxygen atoms in total. The van der Waals surface area contributed by atoms with Crippen LogP contribution in [0.1, 0.15) is 54.9 Å². The molecule has 0 fully saturated rings. The van der Waals surface area contributed by atoms with Crippen LogP contribution in [0.15, 0.2) is 0 Å². The fourth-order valence-electron chi connectivity index (χ4n) is 1.99. The van der Waals surface area contributed by atoms with Crippen molar-refractivity contribution in [3.05, 3.63) is 0 Å². The number of nitrogens with one attached hydrogen (secondary N) is 2. The first-order valence-corrected chi connectivity index (χ1v) is 7.27. The van der Waals surface area contributed by atoms with Crippen molar-refractivity contribution >= 4 is 5.78 Å². The molecule has 18 heavy (non-hydrogen) atoms. The van der Waals surface area contributed by atoms with Crippen LogP contribution in [-0.4, -0.2) is 30.5 Å². The van der Waals surface area contributed by atoms with E-state index in [2.05, 4.69) is 45.3 Å². The molecule has 3 heteroatoms. The summed E-state index contributed by atoms with van der Waals surface area (Å²) in [6.45, 7) is 15.6. The Morgan fingerprint density at radius 1 is 0.944 bits per heavy atom. The van der Waals surface area contributed by atoms with Crippen molar-refractivity contribution < 1.29 is 4.79 Å². The Morgan fingerprint density at radius 2 is 1.50 bits per heavy atom. The Labute approximate surface area is 113 Å². The zero-order chi connectivity index (χ0) is 14.3. The molecule has 0 saturated heterocycles. The van der Waals surface area contributed by atoms with E-state index in [1.807, 2.05) is 13.8 Å². The van der Waals surface area contributed by atoms with Crippen LogP contribution in [0.3, 0.4) is 0 Å². The lowest BCUT2D eigenvalue weighted by molar-refractivity contribution is -0.124. The number of Topliss-reactive ketones (excluding diaryl/α,β-unsaturated/α-hetero) is 1. The first kappa shape index (κ1) is 17.6.